The lowest BCUT2D eigenvalue weighted by Gasteiger charge is -2.26. The number of aliphatic hydroxyl groups is 1. The summed E-state index contributed by atoms with van der Waals surface area (Å²) in [5.41, 5.74) is -0.907. The van der Waals surface area contributed by atoms with E-state index in [0.29, 0.717) is 31.5 Å². The average Bonchev–Trinajstić information content (AvgIpc) is 2.74. The first-order valence-corrected chi connectivity index (χ1v) is 7.14. The van der Waals surface area contributed by atoms with E-state index in [-0.39, 0.29) is 11.4 Å². The highest BCUT2D eigenvalue weighted by Crippen LogP contribution is 2.25. The minimum Gasteiger partial charge on any atom is -0.385 e. The smallest absolute Gasteiger partial charge is 0.228 e. The third-order valence-electron chi connectivity index (χ3n) is 3.35. The van der Waals surface area contributed by atoms with Gasteiger partial charge >= 0.3 is 0 Å². The average molecular weight is 302 g/mol. The summed E-state index contributed by atoms with van der Waals surface area (Å²) in [5, 5.41) is 16.6. The fourth-order valence-electron chi connectivity index (χ4n) is 1.98. The first-order chi connectivity index (χ1) is 9.53. The van der Waals surface area contributed by atoms with Gasteiger partial charge in [-0.2, -0.15) is 15.0 Å². The van der Waals surface area contributed by atoms with E-state index in [0.717, 1.165) is 13.0 Å². The number of hydrogen-bond donors (Lipinski definition) is 3. The van der Waals surface area contributed by atoms with Crippen LogP contribution in [0.3, 0.4) is 0 Å². The van der Waals surface area contributed by atoms with Gasteiger partial charge in [0.25, 0.3) is 0 Å². The quantitative estimate of drug-likeness (QED) is 0.729. The molecular formula is C12H20ClN5O2. The fourth-order valence-corrected chi connectivity index (χ4v) is 2.14. The zero-order chi connectivity index (χ0) is 14.6. The van der Waals surface area contributed by atoms with Gasteiger partial charge in [0.15, 0.2) is 0 Å². The molecule has 20 heavy (non-hydrogen) atoms. The summed E-state index contributed by atoms with van der Waals surface area (Å²) in [6, 6.07) is 0. The molecule has 1 fully saturated rings. The van der Waals surface area contributed by atoms with Crippen LogP contribution >= 0.6 is 11.6 Å². The molecule has 0 saturated carbocycles. The highest BCUT2D eigenvalue weighted by atomic mass is 35.5. The molecule has 8 heteroatoms. The van der Waals surface area contributed by atoms with Crippen molar-refractivity contribution in [1.82, 2.24) is 15.0 Å². The molecule has 1 aliphatic rings. The van der Waals surface area contributed by atoms with Gasteiger partial charge in [-0.1, -0.05) is 6.92 Å². The third-order valence-corrected chi connectivity index (χ3v) is 3.52. The number of aromatic nitrogens is 3. The van der Waals surface area contributed by atoms with E-state index in [1.807, 2.05) is 13.8 Å². The Morgan fingerprint density at radius 1 is 1.35 bits per heavy atom. The lowest BCUT2D eigenvalue weighted by molar-refractivity contribution is -0.0176. The number of anilines is 2. The molecule has 1 aliphatic heterocycles. The zero-order valence-electron chi connectivity index (χ0n) is 11.7. The summed E-state index contributed by atoms with van der Waals surface area (Å²) in [7, 11) is 0. The topological polar surface area (TPSA) is 92.2 Å². The van der Waals surface area contributed by atoms with Crippen LogP contribution in [-0.2, 0) is 4.74 Å². The van der Waals surface area contributed by atoms with Crippen molar-refractivity contribution in [3.8, 4) is 0 Å². The zero-order valence-corrected chi connectivity index (χ0v) is 12.4. The molecule has 0 spiro atoms. The minimum absolute atomic E-state index is 0.115. The number of halogens is 1. The highest BCUT2D eigenvalue weighted by molar-refractivity contribution is 6.28. The number of nitrogens with one attached hydrogen (secondary N) is 2. The van der Waals surface area contributed by atoms with Gasteiger partial charge in [-0.3, -0.25) is 0 Å². The monoisotopic (exact) mass is 301 g/mol. The Bertz CT molecular complexity index is 461. The van der Waals surface area contributed by atoms with E-state index in [2.05, 4.69) is 25.6 Å². The van der Waals surface area contributed by atoms with Crippen LogP contribution in [0.2, 0.25) is 5.28 Å². The predicted molar refractivity (Wildman–Crippen MR) is 77.1 cm³/mol. The van der Waals surface area contributed by atoms with E-state index in [1.54, 1.807) is 0 Å². The maximum absolute atomic E-state index is 10.4. The molecule has 2 rings (SSSR count). The number of hydrogen-bond acceptors (Lipinski definition) is 7. The van der Waals surface area contributed by atoms with Gasteiger partial charge in [0.05, 0.1) is 6.10 Å². The molecule has 2 unspecified atom stereocenters. The van der Waals surface area contributed by atoms with Crippen LogP contribution in [0.15, 0.2) is 0 Å². The molecular weight excluding hydrogens is 282 g/mol. The number of nitrogens with zero attached hydrogens (tertiary/aromatic N) is 3. The molecule has 1 aromatic rings. The van der Waals surface area contributed by atoms with Crippen LogP contribution in [-0.4, -0.2) is 51.5 Å². The van der Waals surface area contributed by atoms with Crippen molar-refractivity contribution in [2.24, 2.45) is 0 Å². The first-order valence-electron chi connectivity index (χ1n) is 6.77. The van der Waals surface area contributed by atoms with E-state index < -0.39 is 5.60 Å². The van der Waals surface area contributed by atoms with Crippen molar-refractivity contribution < 1.29 is 9.84 Å². The molecule has 1 saturated heterocycles. The molecule has 2 atom stereocenters. The highest BCUT2D eigenvalue weighted by Gasteiger charge is 2.39. The standard InChI is InChI=1S/C12H20ClN5O2/c1-3-5-14-10-16-9(13)17-11(18-10)15-7-12(19)4-6-20-8(12)2/h8,19H,3-7H2,1-2H3,(H2,14,15,16,17,18). The van der Waals surface area contributed by atoms with E-state index in [1.165, 1.54) is 0 Å². The molecule has 0 aromatic carbocycles. The maximum Gasteiger partial charge on any atom is 0.228 e. The van der Waals surface area contributed by atoms with Crippen molar-refractivity contribution in [2.45, 2.75) is 38.4 Å². The van der Waals surface area contributed by atoms with Crippen LogP contribution in [0, 0.1) is 0 Å². The van der Waals surface area contributed by atoms with Gasteiger partial charge < -0.3 is 20.5 Å². The Morgan fingerprint density at radius 3 is 2.65 bits per heavy atom. The van der Waals surface area contributed by atoms with Crippen LogP contribution in [0.1, 0.15) is 26.7 Å². The Morgan fingerprint density at radius 2 is 2.05 bits per heavy atom. The first kappa shape index (κ1) is 15.2. The molecule has 112 valence electrons. The molecule has 7 nitrogen and oxygen atoms in total. The molecule has 3 N–H and O–H groups in total. The normalized spacial score (nSPS) is 25.7. The Hall–Kier alpha value is -1.18. The van der Waals surface area contributed by atoms with Gasteiger partial charge in [-0.25, -0.2) is 0 Å². The summed E-state index contributed by atoms with van der Waals surface area (Å²) < 4.78 is 5.38. The summed E-state index contributed by atoms with van der Waals surface area (Å²) in [6.07, 6.45) is 1.33. The largest absolute Gasteiger partial charge is 0.385 e. The van der Waals surface area contributed by atoms with Crippen LogP contribution in [0.5, 0.6) is 0 Å². The molecule has 2 heterocycles. The summed E-state index contributed by atoms with van der Waals surface area (Å²) in [6.45, 7) is 5.52. The van der Waals surface area contributed by atoms with Crippen molar-refractivity contribution in [3.05, 3.63) is 5.28 Å². The van der Waals surface area contributed by atoms with Gasteiger partial charge in [0, 0.05) is 26.1 Å². The van der Waals surface area contributed by atoms with Gasteiger partial charge in [0.1, 0.15) is 5.60 Å². The summed E-state index contributed by atoms with van der Waals surface area (Å²) in [5.74, 6) is 0.771. The van der Waals surface area contributed by atoms with Crippen LogP contribution in [0.25, 0.3) is 0 Å². The molecule has 0 radical (unpaired) electrons. The number of rotatable bonds is 6. The second kappa shape index (κ2) is 6.51. The van der Waals surface area contributed by atoms with E-state index in [4.69, 9.17) is 16.3 Å². The Kier molecular flexibility index (Phi) is 4.95. The third kappa shape index (κ3) is 3.68. The second-order valence-corrected chi connectivity index (χ2v) is 5.24. The van der Waals surface area contributed by atoms with Crippen molar-refractivity contribution >= 4 is 23.5 Å². The molecule has 0 aliphatic carbocycles. The summed E-state index contributed by atoms with van der Waals surface area (Å²) in [4.78, 5) is 12.2. The second-order valence-electron chi connectivity index (χ2n) is 4.90. The fraction of sp³-hybridized carbons (Fsp3) is 0.750. The molecule has 1 aromatic heterocycles. The van der Waals surface area contributed by atoms with Crippen molar-refractivity contribution in [1.29, 1.82) is 0 Å². The Balaban J connectivity index is 2.00. The van der Waals surface area contributed by atoms with Gasteiger partial charge in [-0.15, -0.1) is 0 Å². The predicted octanol–water partition coefficient (Wildman–Crippen LogP) is 1.30. The minimum atomic E-state index is -0.907. The molecule has 0 amide bonds. The van der Waals surface area contributed by atoms with Gasteiger partial charge in [0.2, 0.25) is 17.2 Å². The van der Waals surface area contributed by atoms with Gasteiger partial charge in [-0.05, 0) is 24.9 Å². The SMILES string of the molecule is CCCNc1nc(Cl)nc(NCC2(O)CCOC2C)n1. The van der Waals surface area contributed by atoms with Crippen molar-refractivity contribution in [2.75, 3.05) is 30.3 Å². The van der Waals surface area contributed by atoms with E-state index in [9.17, 15) is 5.11 Å². The lowest BCUT2D eigenvalue weighted by Crippen LogP contribution is -2.43. The Labute approximate surface area is 123 Å². The van der Waals surface area contributed by atoms with Crippen molar-refractivity contribution in [3.63, 3.8) is 0 Å². The van der Waals surface area contributed by atoms with Crippen LogP contribution < -0.4 is 10.6 Å². The van der Waals surface area contributed by atoms with E-state index >= 15 is 0 Å². The molecule has 0 bridgehead atoms. The number of ether oxygens (including phenoxy) is 1. The lowest BCUT2D eigenvalue weighted by atomic mass is 9.97. The van der Waals surface area contributed by atoms with Crippen LogP contribution in [0.4, 0.5) is 11.9 Å². The summed E-state index contributed by atoms with van der Waals surface area (Å²) >= 11 is 5.86. The maximum atomic E-state index is 10.4.